The van der Waals surface area contributed by atoms with E-state index in [4.69, 9.17) is 27.0 Å². The summed E-state index contributed by atoms with van der Waals surface area (Å²) in [6.07, 6.45) is 2.72. The Labute approximate surface area is 135 Å². The van der Waals surface area contributed by atoms with Gasteiger partial charge in [-0.1, -0.05) is 31.4 Å². The molecule has 0 fully saturated rings. The number of esters is 1. The predicted octanol–water partition coefficient (Wildman–Crippen LogP) is 4.38. The van der Waals surface area contributed by atoms with Gasteiger partial charge in [-0.3, -0.25) is 0 Å². The molecule has 0 radical (unpaired) electrons. The van der Waals surface area contributed by atoms with Crippen molar-refractivity contribution in [2.45, 2.75) is 31.1 Å². The van der Waals surface area contributed by atoms with E-state index in [1.807, 2.05) is 6.92 Å². The number of hydrogen-bond acceptors (Lipinski definition) is 4. The number of hydrogen-bond donors (Lipinski definition) is 0. The van der Waals surface area contributed by atoms with Crippen molar-refractivity contribution in [2.24, 2.45) is 0 Å². The number of halogens is 3. The summed E-state index contributed by atoms with van der Waals surface area (Å²) in [6.45, 7) is 2.32. The first kappa shape index (κ1) is 17.8. The van der Waals surface area contributed by atoms with Crippen LogP contribution < -0.4 is 0 Å². The number of benzene rings is 1. The molecule has 0 atom stereocenters. The fourth-order valence-corrected chi connectivity index (χ4v) is 3.84. The Morgan fingerprint density at radius 3 is 2.55 bits per heavy atom. The Bertz CT molecular complexity index is 602. The average molecular weight is 404 g/mol. The minimum Gasteiger partial charge on any atom is -0.462 e. The zero-order chi connectivity index (χ0) is 15.3. The molecule has 0 spiro atoms. The third-order valence-corrected chi connectivity index (χ3v) is 5.46. The number of rotatable bonds is 6. The highest BCUT2D eigenvalue weighted by molar-refractivity contribution is 9.10. The molecular weight excluding hydrogens is 391 g/mol. The number of unbranched alkanes of at least 4 members (excludes halogenated alkanes) is 2. The fraction of sp³-hybridized carbons (Fsp3) is 0.417. The number of ether oxygens (including phenoxy) is 1. The molecule has 20 heavy (non-hydrogen) atoms. The molecule has 4 nitrogen and oxygen atoms in total. The van der Waals surface area contributed by atoms with Crippen LogP contribution in [-0.4, -0.2) is 21.0 Å². The molecule has 0 saturated heterocycles. The highest BCUT2D eigenvalue weighted by atomic mass is 79.9. The van der Waals surface area contributed by atoms with Crippen LogP contribution in [0.3, 0.4) is 0 Å². The lowest BCUT2D eigenvalue weighted by atomic mass is 10.2. The zero-order valence-electron chi connectivity index (χ0n) is 10.7. The molecule has 0 saturated carbocycles. The highest BCUT2D eigenvalue weighted by Gasteiger charge is 2.21. The van der Waals surface area contributed by atoms with E-state index in [2.05, 4.69) is 15.9 Å². The second-order valence-electron chi connectivity index (χ2n) is 4.05. The Kier molecular flexibility index (Phi) is 6.78. The molecule has 0 heterocycles. The van der Waals surface area contributed by atoms with Crippen molar-refractivity contribution >= 4 is 53.2 Å². The molecule has 112 valence electrons. The van der Waals surface area contributed by atoms with Gasteiger partial charge in [0.1, 0.15) is 0 Å². The number of carbonyl (C=O) groups is 1. The van der Waals surface area contributed by atoms with Gasteiger partial charge in [0.25, 0.3) is 9.05 Å². The molecule has 1 rings (SSSR count). The van der Waals surface area contributed by atoms with Crippen LogP contribution >= 0.6 is 38.2 Å². The van der Waals surface area contributed by atoms with E-state index < -0.39 is 15.0 Å². The van der Waals surface area contributed by atoms with Crippen LogP contribution in [0.25, 0.3) is 0 Å². The van der Waals surface area contributed by atoms with E-state index in [1.165, 1.54) is 6.07 Å². The first-order chi connectivity index (χ1) is 9.27. The summed E-state index contributed by atoms with van der Waals surface area (Å²) in [7, 11) is 1.28. The largest absolute Gasteiger partial charge is 0.462 e. The van der Waals surface area contributed by atoms with E-state index >= 15 is 0 Å². The summed E-state index contributed by atoms with van der Waals surface area (Å²) >= 11 is 8.90. The second-order valence-corrected chi connectivity index (χ2v) is 7.79. The van der Waals surface area contributed by atoms with Gasteiger partial charge in [-0.05, 0) is 34.5 Å². The van der Waals surface area contributed by atoms with Gasteiger partial charge in [0, 0.05) is 10.7 Å². The molecule has 0 aliphatic carbocycles. The van der Waals surface area contributed by atoms with Gasteiger partial charge >= 0.3 is 5.97 Å². The van der Waals surface area contributed by atoms with E-state index in [9.17, 15) is 13.2 Å². The molecule has 0 amide bonds. The van der Waals surface area contributed by atoms with Crippen molar-refractivity contribution in [3.63, 3.8) is 0 Å². The van der Waals surface area contributed by atoms with E-state index in [-0.39, 0.29) is 26.6 Å². The van der Waals surface area contributed by atoms with Gasteiger partial charge in [0.15, 0.2) is 0 Å². The van der Waals surface area contributed by atoms with Crippen molar-refractivity contribution in [1.29, 1.82) is 0 Å². The third kappa shape index (κ3) is 4.91. The van der Waals surface area contributed by atoms with Crippen LogP contribution in [-0.2, 0) is 13.8 Å². The Balaban J connectivity index is 2.97. The molecule has 0 bridgehead atoms. The van der Waals surface area contributed by atoms with Crippen molar-refractivity contribution in [2.75, 3.05) is 6.61 Å². The first-order valence-electron chi connectivity index (χ1n) is 5.88. The third-order valence-electron chi connectivity index (χ3n) is 2.47. The Morgan fingerprint density at radius 1 is 1.35 bits per heavy atom. The van der Waals surface area contributed by atoms with Gasteiger partial charge in [0.05, 0.1) is 26.6 Å². The lowest BCUT2D eigenvalue weighted by Crippen LogP contribution is -2.08. The summed E-state index contributed by atoms with van der Waals surface area (Å²) in [4.78, 5) is 11.6. The molecule has 1 aromatic carbocycles. The maximum atomic E-state index is 11.8. The summed E-state index contributed by atoms with van der Waals surface area (Å²) in [5.74, 6) is -0.628. The molecule has 0 aliphatic rings. The maximum Gasteiger partial charge on any atom is 0.338 e. The molecule has 0 N–H and O–H groups in total. The predicted molar refractivity (Wildman–Crippen MR) is 82.0 cm³/mol. The van der Waals surface area contributed by atoms with Crippen molar-refractivity contribution in [1.82, 2.24) is 0 Å². The maximum absolute atomic E-state index is 11.8. The van der Waals surface area contributed by atoms with E-state index in [0.29, 0.717) is 0 Å². The Morgan fingerprint density at radius 2 is 2.00 bits per heavy atom. The van der Waals surface area contributed by atoms with Gasteiger partial charge in [-0.25, -0.2) is 13.2 Å². The average Bonchev–Trinajstić information content (AvgIpc) is 2.36. The highest BCUT2D eigenvalue weighted by Crippen LogP contribution is 2.33. The quantitative estimate of drug-likeness (QED) is 0.401. The van der Waals surface area contributed by atoms with Crippen LogP contribution in [0.2, 0.25) is 5.02 Å². The van der Waals surface area contributed by atoms with E-state index in [1.54, 1.807) is 0 Å². The molecule has 0 aromatic heterocycles. The summed E-state index contributed by atoms with van der Waals surface area (Å²) in [5, 5.41) is 0.0761. The smallest absolute Gasteiger partial charge is 0.338 e. The monoisotopic (exact) mass is 402 g/mol. The molecular formula is C12H13BrCl2O4S. The minimum absolute atomic E-state index is 0.0499. The zero-order valence-corrected chi connectivity index (χ0v) is 14.6. The second kappa shape index (κ2) is 7.64. The van der Waals surface area contributed by atoms with Gasteiger partial charge in [0.2, 0.25) is 0 Å². The minimum atomic E-state index is -4.01. The fourth-order valence-electron chi connectivity index (χ4n) is 1.46. The summed E-state index contributed by atoms with van der Waals surface area (Å²) in [6, 6.07) is 2.47. The van der Waals surface area contributed by atoms with Crippen LogP contribution in [0.4, 0.5) is 0 Å². The first-order valence-corrected chi connectivity index (χ1v) is 9.36. The molecule has 0 aliphatic heterocycles. The van der Waals surface area contributed by atoms with Crippen LogP contribution in [0.1, 0.15) is 36.5 Å². The van der Waals surface area contributed by atoms with Gasteiger partial charge in [-0.15, -0.1) is 0 Å². The van der Waals surface area contributed by atoms with Gasteiger partial charge < -0.3 is 4.74 Å². The lowest BCUT2D eigenvalue weighted by Gasteiger charge is -2.08. The number of carbonyl (C=O) groups excluding carboxylic acids is 1. The normalized spacial score (nSPS) is 11.4. The topological polar surface area (TPSA) is 60.4 Å². The van der Waals surface area contributed by atoms with E-state index in [0.717, 1.165) is 25.3 Å². The Hall–Kier alpha value is -0.300. The van der Waals surface area contributed by atoms with Crippen molar-refractivity contribution in [3.05, 3.63) is 27.2 Å². The van der Waals surface area contributed by atoms with Crippen LogP contribution in [0.15, 0.2) is 21.5 Å². The van der Waals surface area contributed by atoms with Crippen LogP contribution in [0.5, 0.6) is 0 Å². The lowest BCUT2D eigenvalue weighted by molar-refractivity contribution is 0.0498. The van der Waals surface area contributed by atoms with Crippen molar-refractivity contribution in [3.8, 4) is 0 Å². The summed E-state index contributed by atoms with van der Waals surface area (Å²) < 4.78 is 28.0. The SMILES string of the molecule is CCCCCOC(=O)c1cc(Cl)c(Br)c(S(=O)(=O)Cl)c1. The summed E-state index contributed by atoms with van der Waals surface area (Å²) in [5.41, 5.74) is 0.0499. The van der Waals surface area contributed by atoms with Crippen molar-refractivity contribution < 1.29 is 17.9 Å². The molecule has 0 unspecified atom stereocenters. The molecule has 8 heteroatoms. The van der Waals surface area contributed by atoms with Gasteiger partial charge in [-0.2, -0.15) is 0 Å². The van der Waals surface area contributed by atoms with Crippen LogP contribution in [0, 0.1) is 0 Å². The molecule has 1 aromatic rings. The standard InChI is InChI=1S/C12H13BrCl2O4S/c1-2-3-4-5-19-12(16)8-6-9(14)11(13)10(7-8)20(15,17)18/h6-7H,2-5H2,1H3.